The third-order valence-corrected chi connectivity index (χ3v) is 3.48. The molecule has 0 N–H and O–H groups in total. The largest absolute Gasteiger partial charge is 0.0991 e. The first-order valence-electron chi connectivity index (χ1n) is 5.70. The molecule has 0 bridgehead atoms. The number of hydrogen-bond donors (Lipinski definition) is 0. The summed E-state index contributed by atoms with van der Waals surface area (Å²) in [5.74, 6) is 1.75. The van der Waals surface area contributed by atoms with Crippen LogP contribution >= 0.6 is 0 Å². The SMILES string of the molecule is C=CC=C(C)C(=CC)C1CCC1CC. The molecule has 0 radical (unpaired) electrons. The summed E-state index contributed by atoms with van der Waals surface area (Å²) in [5.41, 5.74) is 2.94. The molecule has 0 aliphatic heterocycles. The van der Waals surface area contributed by atoms with Crippen molar-refractivity contribution in [2.45, 2.75) is 40.0 Å². The summed E-state index contributed by atoms with van der Waals surface area (Å²) in [6, 6.07) is 0. The van der Waals surface area contributed by atoms with Crippen LogP contribution in [0, 0.1) is 11.8 Å². The second kappa shape index (κ2) is 5.19. The predicted molar refractivity (Wildman–Crippen MR) is 64.2 cm³/mol. The smallest absolute Gasteiger partial charge is 0.0134 e. The van der Waals surface area contributed by atoms with Gasteiger partial charge in [-0.05, 0) is 49.7 Å². The van der Waals surface area contributed by atoms with Crippen molar-refractivity contribution in [3.63, 3.8) is 0 Å². The molecule has 1 fully saturated rings. The molecule has 0 nitrogen and oxygen atoms in total. The van der Waals surface area contributed by atoms with Crippen LogP contribution in [0.2, 0.25) is 0 Å². The average molecular weight is 190 g/mol. The van der Waals surface area contributed by atoms with Gasteiger partial charge in [-0.15, -0.1) is 0 Å². The van der Waals surface area contributed by atoms with Crippen molar-refractivity contribution >= 4 is 0 Å². The van der Waals surface area contributed by atoms with Crippen LogP contribution in [0.3, 0.4) is 0 Å². The molecule has 0 aromatic rings. The maximum Gasteiger partial charge on any atom is -0.0134 e. The van der Waals surface area contributed by atoms with E-state index in [2.05, 4.69) is 39.5 Å². The first-order valence-corrected chi connectivity index (χ1v) is 5.70. The number of rotatable bonds is 4. The van der Waals surface area contributed by atoms with Crippen molar-refractivity contribution in [2.24, 2.45) is 11.8 Å². The van der Waals surface area contributed by atoms with Crippen LogP contribution in [0.25, 0.3) is 0 Å². The standard InChI is InChI=1S/C14H22/c1-5-8-11(4)13(7-3)14-10-9-12(14)6-2/h5,7-8,12,14H,1,6,9-10H2,2-4H3. The maximum atomic E-state index is 3.76. The van der Waals surface area contributed by atoms with Gasteiger partial charge < -0.3 is 0 Å². The quantitative estimate of drug-likeness (QED) is 0.572. The lowest BCUT2D eigenvalue weighted by molar-refractivity contribution is 0.209. The Kier molecular flexibility index (Phi) is 4.19. The lowest BCUT2D eigenvalue weighted by Gasteiger charge is -2.38. The molecule has 0 saturated heterocycles. The second-order valence-corrected chi connectivity index (χ2v) is 4.18. The van der Waals surface area contributed by atoms with E-state index in [0.717, 1.165) is 11.8 Å². The fourth-order valence-electron chi connectivity index (χ4n) is 2.47. The predicted octanol–water partition coefficient (Wildman–Crippen LogP) is 4.50. The van der Waals surface area contributed by atoms with Crippen LogP contribution in [-0.4, -0.2) is 0 Å². The van der Waals surface area contributed by atoms with Gasteiger partial charge in [0.15, 0.2) is 0 Å². The topological polar surface area (TPSA) is 0 Å². The Bertz CT molecular complexity index is 253. The van der Waals surface area contributed by atoms with Crippen LogP contribution in [0.5, 0.6) is 0 Å². The molecule has 0 aromatic heterocycles. The monoisotopic (exact) mass is 190 g/mol. The molecule has 1 rings (SSSR count). The van der Waals surface area contributed by atoms with Crippen molar-refractivity contribution in [3.05, 3.63) is 36.0 Å². The van der Waals surface area contributed by atoms with Gasteiger partial charge in [0.2, 0.25) is 0 Å². The van der Waals surface area contributed by atoms with Gasteiger partial charge in [0, 0.05) is 0 Å². The van der Waals surface area contributed by atoms with Gasteiger partial charge in [-0.2, -0.15) is 0 Å². The molecular formula is C14H22. The van der Waals surface area contributed by atoms with Crippen LogP contribution in [-0.2, 0) is 0 Å². The van der Waals surface area contributed by atoms with Gasteiger partial charge in [-0.1, -0.05) is 38.2 Å². The summed E-state index contributed by atoms with van der Waals surface area (Å²) < 4.78 is 0. The molecule has 14 heavy (non-hydrogen) atoms. The highest BCUT2D eigenvalue weighted by Crippen LogP contribution is 2.43. The Morgan fingerprint density at radius 1 is 1.43 bits per heavy atom. The van der Waals surface area contributed by atoms with E-state index in [9.17, 15) is 0 Å². The van der Waals surface area contributed by atoms with Gasteiger partial charge in [0.05, 0.1) is 0 Å². The van der Waals surface area contributed by atoms with Crippen LogP contribution in [0.4, 0.5) is 0 Å². The van der Waals surface area contributed by atoms with Crippen LogP contribution in [0.15, 0.2) is 36.0 Å². The van der Waals surface area contributed by atoms with Crippen molar-refractivity contribution < 1.29 is 0 Å². The Hall–Kier alpha value is -0.780. The third-order valence-electron chi connectivity index (χ3n) is 3.48. The van der Waals surface area contributed by atoms with E-state index in [4.69, 9.17) is 0 Å². The molecule has 2 unspecified atom stereocenters. The molecule has 1 aliphatic rings. The zero-order chi connectivity index (χ0) is 10.6. The molecular weight excluding hydrogens is 168 g/mol. The zero-order valence-corrected chi connectivity index (χ0v) is 9.72. The Morgan fingerprint density at radius 2 is 2.14 bits per heavy atom. The van der Waals surface area contributed by atoms with E-state index in [-0.39, 0.29) is 0 Å². The van der Waals surface area contributed by atoms with E-state index in [1.54, 1.807) is 5.57 Å². The Balaban J connectivity index is 2.73. The van der Waals surface area contributed by atoms with E-state index in [1.165, 1.54) is 24.8 Å². The molecule has 1 aliphatic carbocycles. The molecule has 1 saturated carbocycles. The number of hydrogen-bond acceptors (Lipinski definition) is 0. The van der Waals surface area contributed by atoms with Crippen molar-refractivity contribution in [2.75, 3.05) is 0 Å². The summed E-state index contributed by atoms with van der Waals surface area (Å²) in [7, 11) is 0. The van der Waals surface area contributed by atoms with Crippen molar-refractivity contribution in [3.8, 4) is 0 Å². The van der Waals surface area contributed by atoms with E-state index in [1.807, 2.05) is 6.08 Å². The number of allylic oxidation sites excluding steroid dienone is 5. The molecule has 0 spiro atoms. The van der Waals surface area contributed by atoms with Gasteiger partial charge >= 0.3 is 0 Å². The minimum atomic E-state index is 0.821. The molecule has 0 heteroatoms. The van der Waals surface area contributed by atoms with E-state index >= 15 is 0 Å². The lowest BCUT2D eigenvalue weighted by Crippen LogP contribution is -2.27. The summed E-state index contributed by atoms with van der Waals surface area (Å²) >= 11 is 0. The lowest BCUT2D eigenvalue weighted by atomic mass is 9.67. The van der Waals surface area contributed by atoms with Gasteiger partial charge in [-0.3, -0.25) is 0 Å². The normalized spacial score (nSPS) is 28.5. The average Bonchev–Trinajstić information content (AvgIpc) is 2.13. The van der Waals surface area contributed by atoms with E-state index in [0.29, 0.717) is 0 Å². The van der Waals surface area contributed by atoms with Crippen LogP contribution < -0.4 is 0 Å². The highest BCUT2D eigenvalue weighted by atomic mass is 14.4. The van der Waals surface area contributed by atoms with E-state index < -0.39 is 0 Å². The third kappa shape index (κ3) is 2.17. The second-order valence-electron chi connectivity index (χ2n) is 4.18. The van der Waals surface area contributed by atoms with Gasteiger partial charge in [0.25, 0.3) is 0 Å². The minimum absolute atomic E-state index is 0.821. The Labute approximate surface area is 88.4 Å². The summed E-state index contributed by atoms with van der Waals surface area (Å²) in [6.45, 7) is 10.4. The minimum Gasteiger partial charge on any atom is -0.0991 e. The molecule has 0 aromatic carbocycles. The first-order chi connectivity index (χ1) is 6.74. The summed E-state index contributed by atoms with van der Waals surface area (Å²) in [6.07, 6.45) is 10.4. The molecule has 78 valence electrons. The summed E-state index contributed by atoms with van der Waals surface area (Å²) in [4.78, 5) is 0. The van der Waals surface area contributed by atoms with Gasteiger partial charge in [-0.25, -0.2) is 0 Å². The highest BCUT2D eigenvalue weighted by molar-refractivity contribution is 5.34. The zero-order valence-electron chi connectivity index (χ0n) is 9.72. The van der Waals surface area contributed by atoms with Crippen molar-refractivity contribution in [1.29, 1.82) is 0 Å². The Morgan fingerprint density at radius 3 is 2.50 bits per heavy atom. The fraction of sp³-hybridized carbons (Fsp3) is 0.571. The molecule has 0 heterocycles. The highest BCUT2D eigenvalue weighted by Gasteiger charge is 2.31. The fourth-order valence-corrected chi connectivity index (χ4v) is 2.47. The van der Waals surface area contributed by atoms with Crippen LogP contribution in [0.1, 0.15) is 40.0 Å². The van der Waals surface area contributed by atoms with Gasteiger partial charge in [0.1, 0.15) is 0 Å². The molecule has 0 amide bonds. The first kappa shape index (κ1) is 11.3. The molecule has 2 atom stereocenters. The van der Waals surface area contributed by atoms with Crippen molar-refractivity contribution in [1.82, 2.24) is 0 Å². The maximum absolute atomic E-state index is 3.76. The summed E-state index contributed by atoms with van der Waals surface area (Å²) in [5, 5.41) is 0.